The Morgan fingerprint density at radius 3 is 2.94 bits per heavy atom. The fourth-order valence-electron chi connectivity index (χ4n) is 1.72. The number of nitrogens with zero attached hydrogens (tertiary/aromatic N) is 1. The molecule has 0 aliphatic heterocycles. The summed E-state index contributed by atoms with van der Waals surface area (Å²) < 4.78 is 5.41. The second kappa shape index (κ2) is 5.23. The molecule has 4 heteroatoms. The third-order valence-electron chi connectivity index (χ3n) is 2.70. The number of pyridine rings is 1. The van der Waals surface area contributed by atoms with E-state index in [2.05, 4.69) is 17.2 Å². The number of aromatic nitrogens is 1. The van der Waals surface area contributed by atoms with Gasteiger partial charge < -0.3 is 9.73 Å². The molecule has 1 unspecified atom stereocenters. The zero-order chi connectivity index (χ0) is 12.3. The third kappa shape index (κ3) is 2.80. The fourth-order valence-corrected chi connectivity index (χ4v) is 1.94. The van der Waals surface area contributed by atoms with Crippen LogP contribution in [0.2, 0.25) is 5.15 Å². The number of halogens is 1. The van der Waals surface area contributed by atoms with E-state index >= 15 is 0 Å². The van der Waals surface area contributed by atoms with Gasteiger partial charge in [-0.25, -0.2) is 4.98 Å². The van der Waals surface area contributed by atoms with Crippen molar-refractivity contribution in [2.24, 2.45) is 0 Å². The van der Waals surface area contributed by atoms with Crippen molar-refractivity contribution in [1.82, 2.24) is 4.98 Å². The Balaban J connectivity index is 2.19. The molecule has 3 nitrogen and oxygen atoms in total. The molecule has 0 radical (unpaired) electrons. The van der Waals surface area contributed by atoms with E-state index < -0.39 is 0 Å². The zero-order valence-corrected chi connectivity index (χ0v) is 10.7. The van der Waals surface area contributed by atoms with E-state index in [0.717, 1.165) is 23.4 Å². The van der Waals surface area contributed by atoms with Gasteiger partial charge in [0.2, 0.25) is 0 Å². The molecule has 0 spiro atoms. The van der Waals surface area contributed by atoms with Gasteiger partial charge in [0.1, 0.15) is 10.9 Å². The minimum Gasteiger partial charge on any atom is -0.467 e. The highest BCUT2D eigenvalue weighted by atomic mass is 35.5. The van der Waals surface area contributed by atoms with Crippen LogP contribution >= 0.6 is 11.6 Å². The van der Waals surface area contributed by atoms with Crippen molar-refractivity contribution in [2.45, 2.75) is 26.3 Å². The molecule has 1 N–H and O–H groups in total. The predicted molar refractivity (Wildman–Crippen MR) is 69.3 cm³/mol. The first-order chi connectivity index (χ1) is 8.20. The predicted octanol–water partition coefficient (Wildman–Crippen LogP) is 4.20. The highest BCUT2D eigenvalue weighted by Crippen LogP contribution is 2.25. The molecule has 0 saturated carbocycles. The zero-order valence-electron chi connectivity index (χ0n) is 9.90. The Morgan fingerprint density at radius 1 is 1.53 bits per heavy atom. The molecule has 2 aromatic rings. The summed E-state index contributed by atoms with van der Waals surface area (Å²) >= 11 is 5.83. The minimum atomic E-state index is 0.159. The normalized spacial score (nSPS) is 12.4. The van der Waals surface area contributed by atoms with E-state index in [4.69, 9.17) is 16.0 Å². The van der Waals surface area contributed by atoms with E-state index in [9.17, 15) is 0 Å². The van der Waals surface area contributed by atoms with Crippen LogP contribution in [0, 0.1) is 6.92 Å². The van der Waals surface area contributed by atoms with Crippen molar-refractivity contribution < 1.29 is 4.42 Å². The number of aryl methyl sites for hydroxylation is 1. The number of furan rings is 1. The van der Waals surface area contributed by atoms with Gasteiger partial charge in [-0.15, -0.1) is 0 Å². The van der Waals surface area contributed by atoms with Crippen LogP contribution in [0.1, 0.15) is 30.7 Å². The van der Waals surface area contributed by atoms with Gasteiger partial charge in [-0.3, -0.25) is 0 Å². The van der Waals surface area contributed by atoms with Gasteiger partial charge in [-0.05, 0) is 37.1 Å². The van der Waals surface area contributed by atoms with Gasteiger partial charge in [0.25, 0.3) is 0 Å². The molecule has 90 valence electrons. The average Bonchev–Trinajstić information content (AvgIpc) is 2.81. The first kappa shape index (κ1) is 12.0. The lowest BCUT2D eigenvalue weighted by atomic mass is 10.1. The summed E-state index contributed by atoms with van der Waals surface area (Å²) in [5, 5.41) is 3.92. The summed E-state index contributed by atoms with van der Waals surface area (Å²) in [4.78, 5) is 4.08. The van der Waals surface area contributed by atoms with E-state index in [1.165, 1.54) is 0 Å². The topological polar surface area (TPSA) is 38.1 Å². The Bertz CT molecular complexity index is 482. The molecule has 2 rings (SSSR count). The summed E-state index contributed by atoms with van der Waals surface area (Å²) in [7, 11) is 0. The molecule has 17 heavy (non-hydrogen) atoms. The van der Waals surface area contributed by atoms with Gasteiger partial charge in [0.05, 0.1) is 24.2 Å². The quantitative estimate of drug-likeness (QED) is 0.827. The van der Waals surface area contributed by atoms with Crippen molar-refractivity contribution >= 4 is 17.3 Å². The Hall–Kier alpha value is -1.48. The smallest absolute Gasteiger partial charge is 0.129 e. The molecule has 0 aromatic carbocycles. The Kier molecular flexibility index (Phi) is 3.69. The number of rotatable bonds is 4. The highest BCUT2D eigenvalue weighted by molar-refractivity contribution is 6.29. The van der Waals surface area contributed by atoms with Crippen LogP contribution in [-0.2, 0) is 0 Å². The number of anilines is 1. The average molecular weight is 251 g/mol. The second-order valence-electron chi connectivity index (χ2n) is 3.94. The summed E-state index contributed by atoms with van der Waals surface area (Å²) in [5.41, 5.74) is 2.06. The molecule has 0 aliphatic rings. The summed E-state index contributed by atoms with van der Waals surface area (Å²) in [6, 6.07) is 5.87. The van der Waals surface area contributed by atoms with E-state index in [-0.39, 0.29) is 6.04 Å². The first-order valence-corrected chi connectivity index (χ1v) is 6.00. The van der Waals surface area contributed by atoms with E-state index in [1.807, 2.05) is 25.1 Å². The number of hydrogen-bond acceptors (Lipinski definition) is 3. The standard InChI is InChI=1S/C13H15ClN2O/c1-3-10(12-5-4-6-17-12)16-11-8-15-13(14)7-9(11)2/h4-8,10,16H,3H2,1-2H3. The van der Waals surface area contributed by atoms with Crippen molar-refractivity contribution in [3.05, 3.63) is 47.1 Å². The molecule has 2 heterocycles. The molecular formula is C13H15ClN2O. The van der Waals surface area contributed by atoms with Gasteiger partial charge in [0, 0.05) is 0 Å². The second-order valence-corrected chi connectivity index (χ2v) is 4.33. The SMILES string of the molecule is CCC(Nc1cnc(Cl)cc1C)c1ccco1. The molecule has 1 atom stereocenters. The van der Waals surface area contributed by atoms with Crippen LogP contribution < -0.4 is 5.32 Å². The molecule has 0 amide bonds. The molecule has 0 bridgehead atoms. The molecule has 2 aromatic heterocycles. The third-order valence-corrected chi connectivity index (χ3v) is 2.91. The highest BCUT2D eigenvalue weighted by Gasteiger charge is 2.13. The van der Waals surface area contributed by atoms with Crippen molar-refractivity contribution in [3.8, 4) is 0 Å². The van der Waals surface area contributed by atoms with Crippen LogP contribution in [0.15, 0.2) is 35.1 Å². The fraction of sp³-hybridized carbons (Fsp3) is 0.308. The van der Waals surface area contributed by atoms with Gasteiger partial charge >= 0.3 is 0 Å². The van der Waals surface area contributed by atoms with Gasteiger partial charge in [-0.1, -0.05) is 18.5 Å². The number of hydrogen-bond donors (Lipinski definition) is 1. The molecule has 0 aliphatic carbocycles. The lowest BCUT2D eigenvalue weighted by molar-refractivity contribution is 0.474. The Labute approximate surface area is 106 Å². The van der Waals surface area contributed by atoms with E-state index in [1.54, 1.807) is 12.5 Å². The monoisotopic (exact) mass is 250 g/mol. The summed E-state index contributed by atoms with van der Waals surface area (Å²) in [5.74, 6) is 0.932. The van der Waals surface area contributed by atoms with Gasteiger partial charge in [-0.2, -0.15) is 0 Å². The van der Waals surface area contributed by atoms with Crippen LogP contribution in [0.25, 0.3) is 0 Å². The minimum absolute atomic E-state index is 0.159. The van der Waals surface area contributed by atoms with Crippen molar-refractivity contribution in [3.63, 3.8) is 0 Å². The lowest BCUT2D eigenvalue weighted by Crippen LogP contribution is -2.10. The van der Waals surface area contributed by atoms with Crippen LogP contribution in [0.3, 0.4) is 0 Å². The maximum absolute atomic E-state index is 5.83. The lowest BCUT2D eigenvalue weighted by Gasteiger charge is -2.17. The van der Waals surface area contributed by atoms with Crippen LogP contribution in [0.4, 0.5) is 5.69 Å². The van der Waals surface area contributed by atoms with Gasteiger partial charge in [0.15, 0.2) is 0 Å². The Morgan fingerprint density at radius 2 is 2.35 bits per heavy atom. The van der Waals surface area contributed by atoms with E-state index in [0.29, 0.717) is 5.15 Å². The van der Waals surface area contributed by atoms with Crippen LogP contribution in [0.5, 0.6) is 0 Å². The van der Waals surface area contributed by atoms with Crippen molar-refractivity contribution in [1.29, 1.82) is 0 Å². The maximum Gasteiger partial charge on any atom is 0.129 e. The number of nitrogens with one attached hydrogen (secondary N) is 1. The summed E-state index contributed by atoms with van der Waals surface area (Å²) in [6.45, 7) is 4.11. The largest absolute Gasteiger partial charge is 0.467 e. The first-order valence-electron chi connectivity index (χ1n) is 5.62. The molecular weight excluding hydrogens is 236 g/mol. The summed E-state index contributed by atoms with van der Waals surface area (Å²) in [6.07, 6.45) is 4.38. The molecule has 0 fully saturated rings. The van der Waals surface area contributed by atoms with Crippen molar-refractivity contribution in [2.75, 3.05) is 5.32 Å². The molecule has 0 saturated heterocycles. The van der Waals surface area contributed by atoms with Crippen LogP contribution in [-0.4, -0.2) is 4.98 Å². The maximum atomic E-state index is 5.83.